The Bertz CT molecular complexity index is 370. The number of benzene rings is 1. The molecule has 86 valence electrons. The number of hydrogen-bond acceptors (Lipinski definition) is 3. The number of ether oxygens (including phenoxy) is 1. The third kappa shape index (κ3) is 3.73. The lowest BCUT2D eigenvalue weighted by Gasteiger charge is -2.03. The molecule has 0 spiro atoms. The molecule has 0 unspecified atom stereocenters. The SMILES string of the molecule is CCOC(=O)c1ccc(CCC(N)=O)cc1. The van der Waals surface area contributed by atoms with E-state index in [4.69, 9.17) is 10.5 Å². The fourth-order valence-corrected chi connectivity index (χ4v) is 1.29. The standard InChI is InChI=1S/C12H15NO3/c1-2-16-12(15)10-6-3-9(4-7-10)5-8-11(13)14/h3-4,6-7H,2,5,8H2,1H3,(H2,13,14). The number of primary amides is 1. The van der Waals surface area contributed by atoms with E-state index in [1.165, 1.54) is 0 Å². The van der Waals surface area contributed by atoms with Crippen LogP contribution in [-0.2, 0) is 16.0 Å². The Morgan fingerprint density at radius 2 is 1.88 bits per heavy atom. The lowest BCUT2D eigenvalue weighted by atomic mass is 10.1. The molecule has 1 aromatic rings. The molecule has 0 aliphatic heterocycles. The van der Waals surface area contributed by atoms with Crippen LogP contribution in [0.15, 0.2) is 24.3 Å². The third-order valence-electron chi connectivity index (χ3n) is 2.13. The molecule has 0 aliphatic carbocycles. The van der Waals surface area contributed by atoms with E-state index in [0.717, 1.165) is 5.56 Å². The van der Waals surface area contributed by atoms with Crippen LogP contribution in [0.1, 0.15) is 29.3 Å². The van der Waals surface area contributed by atoms with Crippen molar-refractivity contribution in [3.63, 3.8) is 0 Å². The highest BCUT2D eigenvalue weighted by Gasteiger charge is 2.05. The van der Waals surface area contributed by atoms with Gasteiger partial charge in [0.1, 0.15) is 0 Å². The van der Waals surface area contributed by atoms with E-state index in [9.17, 15) is 9.59 Å². The van der Waals surface area contributed by atoms with Crippen LogP contribution in [0, 0.1) is 0 Å². The summed E-state index contributed by atoms with van der Waals surface area (Å²) in [5.74, 6) is -0.654. The zero-order valence-electron chi connectivity index (χ0n) is 9.23. The molecule has 16 heavy (non-hydrogen) atoms. The van der Waals surface area contributed by atoms with Crippen LogP contribution >= 0.6 is 0 Å². The molecule has 2 N–H and O–H groups in total. The molecule has 1 aromatic carbocycles. The van der Waals surface area contributed by atoms with Gasteiger partial charge in [0.2, 0.25) is 5.91 Å². The van der Waals surface area contributed by atoms with Gasteiger partial charge in [-0.15, -0.1) is 0 Å². The minimum Gasteiger partial charge on any atom is -0.462 e. The van der Waals surface area contributed by atoms with Crippen molar-refractivity contribution in [2.24, 2.45) is 5.73 Å². The first kappa shape index (κ1) is 12.2. The topological polar surface area (TPSA) is 69.4 Å². The molecule has 0 saturated heterocycles. The summed E-state index contributed by atoms with van der Waals surface area (Å²) in [5.41, 5.74) is 6.54. The lowest BCUT2D eigenvalue weighted by molar-refractivity contribution is -0.117. The van der Waals surface area contributed by atoms with Crippen LogP contribution in [0.25, 0.3) is 0 Å². The number of aryl methyl sites for hydroxylation is 1. The molecule has 0 fully saturated rings. The number of amides is 1. The summed E-state index contributed by atoms with van der Waals surface area (Å²) in [6.07, 6.45) is 0.914. The van der Waals surface area contributed by atoms with Crippen molar-refractivity contribution in [3.05, 3.63) is 35.4 Å². The zero-order valence-corrected chi connectivity index (χ0v) is 9.23. The van der Waals surface area contributed by atoms with Gasteiger partial charge in [-0.05, 0) is 31.0 Å². The Hall–Kier alpha value is -1.84. The molecule has 4 nitrogen and oxygen atoms in total. The second kappa shape index (κ2) is 5.90. The van der Waals surface area contributed by atoms with E-state index in [1.807, 2.05) is 0 Å². The Kier molecular flexibility index (Phi) is 4.51. The molecular formula is C12H15NO3. The molecule has 0 heterocycles. The van der Waals surface area contributed by atoms with E-state index in [2.05, 4.69) is 0 Å². The highest BCUT2D eigenvalue weighted by molar-refractivity contribution is 5.89. The maximum Gasteiger partial charge on any atom is 0.338 e. The molecule has 4 heteroatoms. The largest absolute Gasteiger partial charge is 0.462 e. The first-order valence-corrected chi connectivity index (χ1v) is 5.18. The highest BCUT2D eigenvalue weighted by atomic mass is 16.5. The second-order valence-corrected chi connectivity index (χ2v) is 3.38. The van der Waals surface area contributed by atoms with Crippen LogP contribution in [0.3, 0.4) is 0 Å². The minimum absolute atomic E-state index is 0.318. The van der Waals surface area contributed by atoms with Crippen molar-refractivity contribution in [1.82, 2.24) is 0 Å². The van der Waals surface area contributed by atoms with Crippen LogP contribution in [0.5, 0.6) is 0 Å². The van der Waals surface area contributed by atoms with Gasteiger partial charge >= 0.3 is 5.97 Å². The van der Waals surface area contributed by atoms with E-state index in [-0.39, 0.29) is 11.9 Å². The van der Waals surface area contributed by atoms with Gasteiger partial charge in [-0.25, -0.2) is 4.79 Å². The molecule has 0 radical (unpaired) electrons. The summed E-state index contributed by atoms with van der Waals surface area (Å²) in [5, 5.41) is 0. The van der Waals surface area contributed by atoms with Gasteiger partial charge in [0, 0.05) is 6.42 Å². The molecule has 0 atom stereocenters. The average molecular weight is 221 g/mol. The molecule has 0 aliphatic rings. The number of rotatable bonds is 5. The van der Waals surface area contributed by atoms with Gasteiger partial charge in [0.25, 0.3) is 0 Å². The number of esters is 1. The van der Waals surface area contributed by atoms with Gasteiger partial charge in [0.05, 0.1) is 12.2 Å². The van der Waals surface area contributed by atoms with E-state index in [0.29, 0.717) is 25.0 Å². The monoisotopic (exact) mass is 221 g/mol. The summed E-state index contributed by atoms with van der Waals surface area (Å²) in [4.78, 5) is 21.9. The van der Waals surface area contributed by atoms with Gasteiger partial charge < -0.3 is 10.5 Å². The molecule has 1 amide bonds. The molecule has 0 aromatic heterocycles. The second-order valence-electron chi connectivity index (χ2n) is 3.38. The molecule has 0 saturated carbocycles. The van der Waals surface area contributed by atoms with Crippen molar-refractivity contribution in [2.45, 2.75) is 19.8 Å². The number of carbonyl (C=O) groups is 2. The number of carbonyl (C=O) groups excluding carboxylic acids is 2. The van der Waals surface area contributed by atoms with E-state index in [1.54, 1.807) is 31.2 Å². The smallest absolute Gasteiger partial charge is 0.338 e. The van der Waals surface area contributed by atoms with Crippen molar-refractivity contribution >= 4 is 11.9 Å². The fourth-order valence-electron chi connectivity index (χ4n) is 1.29. The van der Waals surface area contributed by atoms with Crippen molar-refractivity contribution in [2.75, 3.05) is 6.61 Å². The fraction of sp³-hybridized carbons (Fsp3) is 0.333. The van der Waals surface area contributed by atoms with Crippen LogP contribution in [-0.4, -0.2) is 18.5 Å². The summed E-state index contributed by atoms with van der Waals surface area (Å²) in [6, 6.07) is 6.98. The lowest BCUT2D eigenvalue weighted by Crippen LogP contribution is -2.11. The minimum atomic E-state index is -0.330. The average Bonchev–Trinajstić information content (AvgIpc) is 2.27. The Labute approximate surface area is 94.4 Å². The normalized spacial score (nSPS) is 9.81. The number of nitrogens with two attached hydrogens (primary N) is 1. The first-order valence-electron chi connectivity index (χ1n) is 5.18. The number of hydrogen-bond donors (Lipinski definition) is 1. The molecular weight excluding hydrogens is 206 g/mol. The Balaban J connectivity index is 2.60. The Morgan fingerprint density at radius 1 is 1.25 bits per heavy atom. The summed E-state index contributed by atoms with van der Waals surface area (Å²) in [6.45, 7) is 2.13. The van der Waals surface area contributed by atoms with E-state index < -0.39 is 0 Å². The highest BCUT2D eigenvalue weighted by Crippen LogP contribution is 2.07. The van der Waals surface area contributed by atoms with E-state index >= 15 is 0 Å². The molecule has 0 bridgehead atoms. The maximum absolute atomic E-state index is 11.3. The van der Waals surface area contributed by atoms with Crippen LogP contribution in [0.2, 0.25) is 0 Å². The van der Waals surface area contributed by atoms with Gasteiger partial charge in [-0.2, -0.15) is 0 Å². The summed E-state index contributed by atoms with van der Waals surface area (Å²) >= 11 is 0. The third-order valence-corrected chi connectivity index (χ3v) is 2.13. The van der Waals surface area contributed by atoms with Crippen molar-refractivity contribution in [1.29, 1.82) is 0 Å². The van der Waals surface area contributed by atoms with Crippen LogP contribution < -0.4 is 5.73 Å². The Morgan fingerprint density at radius 3 is 2.38 bits per heavy atom. The van der Waals surface area contributed by atoms with Gasteiger partial charge in [-0.1, -0.05) is 12.1 Å². The molecule has 1 rings (SSSR count). The maximum atomic E-state index is 11.3. The van der Waals surface area contributed by atoms with Crippen LogP contribution in [0.4, 0.5) is 0 Å². The zero-order chi connectivity index (χ0) is 12.0. The summed E-state index contributed by atoms with van der Waals surface area (Å²) in [7, 11) is 0. The van der Waals surface area contributed by atoms with Gasteiger partial charge in [0.15, 0.2) is 0 Å². The quantitative estimate of drug-likeness (QED) is 0.761. The van der Waals surface area contributed by atoms with Gasteiger partial charge in [-0.3, -0.25) is 4.79 Å². The predicted molar refractivity (Wildman–Crippen MR) is 59.9 cm³/mol. The van der Waals surface area contributed by atoms with Crippen molar-refractivity contribution < 1.29 is 14.3 Å². The predicted octanol–water partition coefficient (Wildman–Crippen LogP) is 1.28. The first-order chi connectivity index (χ1) is 7.63. The van der Waals surface area contributed by atoms with Crippen molar-refractivity contribution in [3.8, 4) is 0 Å². The summed E-state index contributed by atoms with van der Waals surface area (Å²) < 4.78 is 4.85.